The Labute approximate surface area is 125 Å². The van der Waals surface area contributed by atoms with Crippen LogP contribution in [0.5, 0.6) is 5.75 Å². The molecule has 0 aliphatic carbocycles. The van der Waals surface area contributed by atoms with E-state index in [0.717, 1.165) is 19.3 Å². The van der Waals surface area contributed by atoms with Crippen molar-refractivity contribution in [3.8, 4) is 5.75 Å². The minimum absolute atomic E-state index is 0.176. The van der Waals surface area contributed by atoms with E-state index >= 15 is 0 Å². The SMILES string of the molecule is CCCCCNC(=O)C(C)Oc1c(Cl)cccc1CO. The number of ether oxygens (including phenoxy) is 1. The average molecular weight is 300 g/mol. The number of para-hydroxylation sites is 1. The molecule has 2 N–H and O–H groups in total. The third-order valence-electron chi connectivity index (χ3n) is 2.96. The average Bonchev–Trinajstić information content (AvgIpc) is 2.45. The fourth-order valence-corrected chi connectivity index (χ4v) is 2.01. The highest BCUT2D eigenvalue weighted by atomic mass is 35.5. The van der Waals surface area contributed by atoms with Crippen LogP contribution in [0.4, 0.5) is 0 Å². The van der Waals surface area contributed by atoms with Crippen molar-refractivity contribution >= 4 is 17.5 Å². The molecular formula is C15H22ClNO3. The maximum atomic E-state index is 11.9. The second-order valence-corrected chi connectivity index (χ2v) is 5.05. The number of unbranched alkanes of at least 4 members (excludes halogenated alkanes) is 2. The van der Waals surface area contributed by atoms with Gasteiger partial charge in [0.1, 0.15) is 5.75 Å². The first kappa shape index (κ1) is 16.8. The van der Waals surface area contributed by atoms with Crippen LogP contribution in [0.1, 0.15) is 38.7 Å². The maximum Gasteiger partial charge on any atom is 0.260 e. The molecule has 0 saturated carbocycles. The summed E-state index contributed by atoms with van der Waals surface area (Å²) in [6.07, 6.45) is 2.51. The van der Waals surface area contributed by atoms with Gasteiger partial charge in [0, 0.05) is 12.1 Å². The number of hydrogen-bond donors (Lipinski definition) is 2. The fourth-order valence-electron chi connectivity index (χ4n) is 1.77. The molecule has 20 heavy (non-hydrogen) atoms. The van der Waals surface area contributed by atoms with Gasteiger partial charge in [-0.1, -0.05) is 43.5 Å². The molecule has 0 aliphatic rings. The van der Waals surface area contributed by atoms with E-state index in [1.807, 2.05) is 0 Å². The molecule has 0 fully saturated rings. The van der Waals surface area contributed by atoms with Crippen molar-refractivity contribution in [1.82, 2.24) is 5.32 Å². The summed E-state index contributed by atoms with van der Waals surface area (Å²) >= 11 is 6.03. The normalized spacial score (nSPS) is 12.0. The van der Waals surface area contributed by atoms with Crippen molar-refractivity contribution in [3.63, 3.8) is 0 Å². The molecule has 0 radical (unpaired) electrons. The molecule has 0 aliphatic heterocycles. The van der Waals surface area contributed by atoms with E-state index in [0.29, 0.717) is 22.9 Å². The van der Waals surface area contributed by atoms with Crippen molar-refractivity contribution in [2.75, 3.05) is 6.54 Å². The third kappa shape index (κ3) is 5.02. The Kier molecular flexibility index (Phi) is 7.41. The number of hydrogen-bond acceptors (Lipinski definition) is 3. The van der Waals surface area contributed by atoms with Crippen LogP contribution in [0.3, 0.4) is 0 Å². The monoisotopic (exact) mass is 299 g/mol. The van der Waals surface area contributed by atoms with Crippen LogP contribution in [0.15, 0.2) is 18.2 Å². The first-order chi connectivity index (χ1) is 9.60. The number of carbonyl (C=O) groups excluding carboxylic acids is 1. The molecule has 0 spiro atoms. The van der Waals surface area contributed by atoms with Gasteiger partial charge in [0.2, 0.25) is 0 Å². The van der Waals surface area contributed by atoms with Crippen LogP contribution in [0, 0.1) is 0 Å². The molecule has 1 amide bonds. The summed E-state index contributed by atoms with van der Waals surface area (Å²) in [5.41, 5.74) is 0.572. The van der Waals surface area contributed by atoms with Crippen molar-refractivity contribution in [2.24, 2.45) is 0 Å². The summed E-state index contributed by atoms with van der Waals surface area (Å²) < 4.78 is 5.58. The van der Waals surface area contributed by atoms with Crippen LogP contribution in [0.25, 0.3) is 0 Å². The largest absolute Gasteiger partial charge is 0.479 e. The van der Waals surface area contributed by atoms with Crippen molar-refractivity contribution < 1.29 is 14.6 Å². The van der Waals surface area contributed by atoms with Gasteiger partial charge >= 0.3 is 0 Å². The number of benzene rings is 1. The molecule has 0 saturated heterocycles. The van der Waals surface area contributed by atoms with E-state index < -0.39 is 6.10 Å². The Morgan fingerprint density at radius 1 is 1.45 bits per heavy atom. The summed E-state index contributed by atoms with van der Waals surface area (Å²) in [6.45, 7) is 4.25. The second-order valence-electron chi connectivity index (χ2n) is 4.64. The molecule has 4 nitrogen and oxygen atoms in total. The van der Waals surface area contributed by atoms with E-state index in [1.54, 1.807) is 25.1 Å². The maximum absolute atomic E-state index is 11.9. The fraction of sp³-hybridized carbons (Fsp3) is 0.533. The number of amides is 1. The van der Waals surface area contributed by atoms with Crippen molar-refractivity contribution in [3.05, 3.63) is 28.8 Å². The van der Waals surface area contributed by atoms with Crippen LogP contribution < -0.4 is 10.1 Å². The van der Waals surface area contributed by atoms with Crippen LogP contribution in [-0.4, -0.2) is 23.7 Å². The predicted molar refractivity (Wildman–Crippen MR) is 80.0 cm³/mol. The van der Waals surface area contributed by atoms with Gasteiger partial charge in [-0.25, -0.2) is 0 Å². The smallest absolute Gasteiger partial charge is 0.260 e. The molecule has 0 aromatic heterocycles. The standard InChI is InChI=1S/C15H22ClNO3/c1-3-4-5-9-17-15(19)11(2)20-14-12(10-18)7-6-8-13(14)16/h6-8,11,18H,3-5,9-10H2,1-2H3,(H,17,19). The molecular weight excluding hydrogens is 278 g/mol. The molecule has 0 heterocycles. The van der Waals surface area contributed by atoms with Gasteiger partial charge < -0.3 is 15.2 Å². The number of aliphatic hydroxyl groups excluding tert-OH is 1. The zero-order valence-electron chi connectivity index (χ0n) is 12.0. The third-order valence-corrected chi connectivity index (χ3v) is 3.26. The summed E-state index contributed by atoms with van der Waals surface area (Å²) in [5.74, 6) is 0.192. The molecule has 1 aromatic rings. The Balaban J connectivity index is 2.57. The molecule has 1 rings (SSSR count). The van der Waals surface area contributed by atoms with Gasteiger partial charge in [-0.2, -0.15) is 0 Å². The van der Waals surface area contributed by atoms with Crippen LogP contribution in [-0.2, 0) is 11.4 Å². The lowest BCUT2D eigenvalue weighted by molar-refractivity contribution is -0.127. The summed E-state index contributed by atoms with van der Waals surface area (Å²) in [7, 11) is 0. The van der Waals surface area contributed by atoms with E-state index in [2.05, 4.69) is 12.2 Å². The first-order valence-electron chi connectivity index (χ1n) is 6.92. The van der Waals surface area contributed by atoms with Gasteiger partial charge in [-0.05, 0) is 19.4 Å². The summed E-state index contributed by atoms with van der Waals surface area (Å²) in [5, 5.41) is 12.5. The topological polar surface area (TPSA) is 58.6 Å². The van der Waals surface area contributed by atoms with Crippen LogP contribution in [0.2, 0.25) is 5.02 Å². The molecule has 5 heteroatoms. The second kappa shape index (κ2) is 8.82. The van der Waals surface area contributed by atoms with Crippen LogP contribution >= 0.6 is 11.6 Å². The van der Waals surface area contributed by atoms with E-state index in [1.165, 1.54) is 0 Å². The number of aliphatic hydroxyl groups is 1. The molecule has 1 aromatic carbocycles. The lowest BCUT2D eigenvalue weighted by Crippen LogP contribution is -2.37. The number of rotatable bonds is 8. The van der Waals surface area contributed by atoms with Crippen molar-refractivity contribution in [2.45, 2.75) is 45.8 Å². The molecule has 1 unspecified atom stereocenters. The molecule has 112 valence electrons. The predicted octanol–water partition coefficient (Wildman–Crippen LogP) is 2.91. The zero-order valence-corrected chi connectivity index (χ0v) is 12.7. The first-order valence-corrected chi connectivity index (χ1v) is 7.30. The highest BCUT2D eigenvalue weighted by Crippen LogP contribution is 2.29. The van der Waals surface area contributed by atoms with Gasteiger partial charge in [0.05, 0.1) is 11.6 Å². The molecule has 1 atom stereocenters. The van der Waals surface area contributed by atoms with Gasteiger partial charge in [0.25, 0.3) is 5.91 Å². The Morgan fingerprint density at radius 3 is 2.85 bits per heavy atom. The van der Waals surface area contributed by atoms with E-state index in [4.69, 9.17) is 16.3 Å². The number of nitrogens with one attached hydrogen (secondary N) is 1. The van der Waals surface area contributed by atoms with Gasteiger partial charge in [-0.15, -0.1) is 0 Å². The number of carbonyl (C=O) groups is 1. The van der Waals surface area contributed by atoms with Gasteiger partial charge in [-0.3, -0.25) is 4.79 Å². The van der Waals surface area contributed by atoms with E-state index in [-0.39, 0.29) is 12.5 Å². The summed E-state index contributed by atoms with van der Waals surface area (Å²) in [4.78, 5) is 11.9. The highest BCUT2D eigenvalue weighted by Gasteiger charge is 2.17. The lowest BCUT2D eigenvalue weighted by atomic mass is 10.2. The highest BCUT2D eigenvalue weighted by molar-refractivity contribution is 6.32. The summed E-state index contributed by atoms with van der Waals surface area (Å²) in [6, 6.07) is 5.12. The minimum Gasteiger partial charge on any atom is -0.479 e. The Morgan fingerprint density at radius 2 is 2.20 bits per heavy atom. The number of halogens is 1. The van der Waals surface area contributed by atoms with Gasteiger partial charge in [0.15, 0.2) is 6.10 Å². The van der Waals surface area contributed by atoms with E-state index in [9.17, 15) is 9.90 Å². The Hall–Kier alpha value is -1.26. The molecule has 0 bridgehead atoms. The van der Waals surface area contributed by atoms with Crippen molar-refractivity contribution in [1.29, 1.82) is 0 Å². The minimum atomic E-state index is -0.651. The zero-order chi connectivity index (χ0) is 15.0. The quantitative estimate of drug-likeness (QED) is 0.726. The Bertz CT molecular complexity index is 437. The lowest BCUT2D eigenvalue weighted by Gasteiger charge is -2.17.